The van der Waals surface area contributed by atoms with E-state index in [1.165, 1.54) is 5.56 Å². The van der Waals surface area contributed by atoms with E-state index in [1.807, 2.05) is 43.1 Å². The molecule has 0 fully saturated rings. The van der Waals surface area contributed by atoms with Gasteiger partial charge in [0.25, 0.3) is 0 Å². The monoisotopic (exact) mass is 236 g/mol. The molecule has 0 bridgehead atoms. The molecule has 0 heterocycles. The number of ether oxygens (including phenoxy) is 1. The lowest BCUT2D eigenvalue weighted by Gasteiger charge is -2.21. The van der Waals surface area contributed by atoms with Gasteiger partial charge in [0.05, 0.1) is 6.04 Å². The third kappa shape index (κ3) is 4.44. The van der Waals surface area contributed by atoms with Crippen LogP contribution >= 0.6 is 0 Å². The number of aryl methyl sites for hydroxylation is 1. The van der Waals surface area contributed by atoms with Crippen LogP contribution in [0.15, 0.2) is 24.3 Å². The minimum absolute atomic E-state index is 0.267. The fourth-order valence-electron chi connectivity index (χ4n) is 1.35. The summed E-state index contributed by atoms with van der Waals surface area (Å²) in [6.45, 7) is 5.02. The number of rotatable bonds is 6. The molecule has 1 rings (SSSR count). The summed E-state index contributed by atoms with van der Waals surface area (Å²) in [4.78, 5) is 12.8. The van der Waals surface area contributed by atoms with E-state index in [9.17, 15) is 4.79 Å². The number of nitrogens with zero attached hydrogens (tertiary/aromatic N) is 1. The van der Waals surface area contributed by atoms with Crippen LogP contribution in [0.2, 0.25) is 0 Å². The lowest BCUT2D eigenvalue weighted by molar-refractivity contribution is -0.122. The van der Waals surface area contributed by atoms with Crippen LogP contribution in [-0.4, -0.2) is 37.0 Å². The van der Waals surface area contributed by atoms with E-state index in [-0.39, 0.29) is 11.9 Å². The fraction of sp³-hybridized carbons (Fsp3) is 0.462. The van der Waals surface area contributed by atoms with Crippen molar-refractivity contribution in [2.24, 2.45) is 5.73 Å². The molecule has 1 aromatic rings. The van der Waals surface area contributed by atoms with Gasteiger partial charge in [0.2, 0.25) is 5.91 Å². The van der Waals surface area contributed by atoms with Gasteiger partial charge in [-0.1, -0.05) is 17.7 Å². The number of carbonyl (C=O) groups excluding carboxylic acids is 1. The number of likely N-dealkylation sites (N-methyl/N-ethyl adjacent to an activating group) is 1. The van der Waals surface area contributed by atoms with Crippen molar-refractivity contribution in [3.63, 3.8) is 0 Å². The number of hydrogen-bond donors (Lipinski definition) is 1. The zero-order chi connectivity index (χ0) is 12.8. The van der Waals surface area contributed by atoms with Gasteiger partial charge in [0.15, 0.2) is 0 Å². The summed E-state index contributed by atoms with van der Waals surface area (Å²) in [7, 11) is 1.86. The van der Waals surface area contributed by atoms with Gasteiger partial charge >= 0.3 is 0 Å². The van der Waals surface area contributed by atoms with E-state index in [0.29, 0.717) is 13.2 Å². The minimum atomic E-state index is -0.317. The topological polar surface area (TPSA) is 55.6 Å². The number of amides is 1. The van der Waals surface area contributed by atoms with Gasteiger partial charge in [-0.05, 0) is 33.0 Å². The fourth-order valence-corrected chi connectivity index (χ4v) is 1.35. The maximum absolute atomic E-state index is 11.0. The SMILES string of the molecule is Cc1ccc(OCCN(C)[C@@H](C)C(N)=O)cc1. The Bertz CT molecular complexity index is 362. The highest BCUT2D eigenvalue weighted by molar-refractivity contribution is 5.79. The number of nitrogens with two attached hydrogens (primary N) is 1. The Morgan fingerprint density at radius 3 is 2.53 bits per heavy atom. The Kier molecular flexibility index (Phi) is 4.97. The molecule has 4 nitrogen and oxygen atoms in total. The predicted octanol–water partition coefficient (Wildman–Crippen LogP) is 1.18. The Labute approximate surface area is 102 Å². The molecular weight excluding hydrogens is 216 g/mol. The molecule has 1 atom stereocenters. The molecule has 0 aromatic heterocycles. The Balaban J connectivity index is 2.32. The van der Waals surface area contributed by atoms with Crippen molar-refractivity contribution in [2.75, 3.05) is 20.2 Å². The molecule has 4 heteroatoms. The second-order valence-corrected chi connectivity index (χ2v) is 4.22. The summed E-state index contributed by atoms with van der Waals surface area (Å²) in [5.74, 6) is 0.526. The first-order valence-corrected chi connectivity index (χ1v) is 5.69. The summed E-state index contributed by atoms with van der Waals surface area (Å²) in [5.41, 5.74) is 6.42. The second-order valence-electron chi connectivity index (χ2n) is 4.22. The molecule has 0 unspecified atom stereocenters. The van der Waals surface area contributed by atoms with E-state index < -0.39 is 0 Å². The minimum Gasteiger partial charge on any atom is -0.492 e. The Hall–Kier alpha value is -1.55. The zero-order valence-electron chi connectivity index (χ0n) is 10.6. The first-order valence-electron chi connectivity index (χ1n) is 5.69. The van der Waals surface area contributed by atoms with Gasteiger partial charge in [0.1, 0.15) is 12.4 Å². The van der Waals surface area contributed by atoms with Crippen LogP contribution in [0, 0.1) is 6.92 Å². The van der Waals surface area contributed by atoms with Gasteiger partial charge < -0.3 is 10.5 Å². The molecule has 0 saturated heterocycles. The Morgan fingerprint density at radius 1 is 1.41 bits per heavy atom. The summed E-state index contributed by atoms with van der Waals surface area (Å²) >= 11 is 0. The van der Waals surface area contributed by atoms with Crippen molar-refractivity contribution < 1.29 is 9.53 Å². The average molecular weight is 236 g/mol. The first kappa shape index (κ1) is 13.5. The molecule has 0 aliphatic carbocycles. The molecule has 2 N–H and O–H groups in total. The van der Waals surface area contributed by atoms with Crippen LogP contribution in [0.25, 0.3) is 0 Å². The normalized spacial score (nSPS) is 12.5. The molecule has 0 radical (unpaired) electrons. The summed E-state index contributed by atoms with van der Waals surface area (Å²) in [6, 6.07) is 7.62. The van der Waals surface area contributed by atoms with Gasteiger partial charge in [0, 0.05) is 6.54 Å². The van der Waals surface area contributed by atoms with Gasteiger partial charge in [-0.25, -0.2) is 0 Å². The highest BCUT2D eigenvalue weighted by Gasteiger charge is 2.13. The molecule has 1 amide bonds. The van der Waals surface area contributed by atoms with Crippen molar-refractivity contribution in [1.29, 1.82) is 0 Å². The van der Waals surface area contributed by atoms with Crippen molar-refractivity contribution in [3.8, 4) is 5.75 Å². The largest absolute Gasteiger partial charge is 0.492 e. The summed E-state index contributed by atoms with van der Waals surface area (Å²) < 4.78 is 5.57. The van der Waals surface area contributed by atoms with Crippen molar-refractivity contribution in [2.45, 2.75) is 19.9 Å². The molecule has 17 heavy (non-hydrogen) atoms. The predicted molar refractivity (Wildman–Crippen MR) is 68.0 cm³/mol. The van der Waals surface area contributed by atoms with E-state index in [1.54, 1.807) is 6.92 Å². The van der Waals surface area contributed by atoms with Crippen molar-refractivity contribution in [1.82, 2.24) is 4.90 Å². The Morgan fingerprint density at radius 2 is 2.00 bits per heavy atom. The maximum Gasteiger partial charge on any atom is 0.234 e. The third-order valence-electron chi connectivity index (χ3n) is 2.81. The van der Waals surface area contributed by atoms with Crippen LogP contribution < -0.4 is 10.5 Å². The first-order chi connectivity index (χ1) is 8.00. The van der Waals surface area contributed by atoms with Crippen molar-refractivity contribution >= 4 is 5.91 Å². The molecule has 1 aromatic carbocycles. The number of hydrogen-bond acceptors (Lipinski definition) is 3. The second kappa shape index (κ2) is 6.25. The molecule has 94 valence electrons. The van der Waals surface area contributed by atoms with E-state index >= 15 is 0 Å². The molecule has 0 aliphatic rings. The van der Waals surface area contributed by atoms with E-state index in [4.69, 9.17) is 10.5 Å². The zero-order valence-corrected chi connectivity index (χ0v) is 10.6. The van der Waals surface area contributed by atoms with Crippen LogP contribution in [0.5, 0.6) is 5.75 Å². The number of benzene rings is 1. The van der Waals surface area contributed by atoms with Crippen LogP contribution in [0.4, 0.5) is 0 Å². The lowest BCUT2D eigenvalue weighted by atomic mass is 10.2. The van der Waals surface area contributed by atoms with Crippen LogP contribution in [0.3, 0.4) is 0 Å². The van der Waals surface area contributed by atoms with Gasteiger partial charge in [-0.2, -0.15) is 0 Å². The van der Waals surface area contributed by atoms with Crippen molar-refractivity contribution in [3.05, 3.63) is 29.8 Å². The maximum atomic E-state index is 11.0. The average Bonchev–Trinajstić information content (AvgIpc) is 2.30. The number of primary amides is 1. The molecule has 0 aliphatic heterocycles. The van der Waals surface area contributed by atoms with E-state index in [0.717, 1.165) is 5.75 Å². The van der Waals surface area contributed by atoms with Gasteiger partial charge in [-0.3, -0.25) is 9.69 Å². The number of carbonyl (C=O) groups is 1. The quantitative estimate of drug-likeness (QED) is 0.807. The van der Waals surface area contributed by atoms with E-state index in [2.05, 4.69) is 0 Å². The standard InChI is InChI=1S/C13H20N2O2/c1-10-4-6-12(7-5-10)17-9-8-15(3)11(2)13(14)16/h4-7,11H,8-9H2,1-3H3,(H2,14,16)/t11-/m0/s1. The molecule has 0 spiro atoms. The van der Waals surface area contributed by atoms with Gasteiger partial charge in [-0.15, -0.1) is 0 Å². The highest BCUT2D eigenvalue weighted by Crippen LogP contribution is 2.11. The molecule has 0 saturated carbocycles. The summed E-state index contributed by atoms with van der Waals surface area (Å²) in [6.07, 6.45) is 0. The summed E-state index contributed by atoms with van der Waals surface area (Å²) in [5, 5.41) is 0. The third-order valence-corrected chi connectivity index (χ3v) is 2.81. The highest BCUT2D eigenvalue weighted by atomic mass is 16.5. The van der Waals surface area contributed by atoms with Crippen LogP contribution in [-0.2, 0) is 4.79 Å². The smallest absolute Gasteiger partial charge is 0.234 e. The molecular formula is C13H20N2O2. The van der Waals surface area contributed by atoms with Crippen LogP contribution in [0.1, 0.15) is 12.5 Å². The lowest BCUT2D eigenvalue weighted by Crippen LogP contribution is -2.41.